The van der Waals surface area contributed by atoms with E-state index < -0.39 is 5.56 Å². The van der Waals surface area contributed by atoms with E-state index in [-0.39, 0.29) is 11.9 Å². The molecule has 10 heavy (non-hydrogen) atoms. The molecule has 0 spiro atoms. The summed E-state index contributed by atoms with van der Waals surface area (Å²) < 4.78 is 4.79. The Kier molecular flexibility index (Phi) is 4.45. The molecule has 0 aromatic rings. The van der Waals surface area contributed by atoms with E-state index in [0.29, 0.717) is 6.42 Å². The van der Waals surface area contributed by atoms with Crippen LogP contribution in [0.3, 0.4) is 0 Å². The Morgan fingerprint density at radius 2 is 2.10 bits per heavy atom. The second kappa shape index (κ2) is 4.56. The van der Waals surface area contributed by atoms with Crippen LogP contribution in [0.5, 0.6) is 0 Å². The molecule has 0 rings (SSSR count). The molecule has 60 valence electrons. The lowest BCUT2D eigenvalue weighted by Crippen LogP contribution is -2.16. The number of rotatable bonds is 3. The van der Waals surface area contributed by atoms with Crippen LogP contribution < -0.4 is 0 Å². The molecule has 0 aromatic heterocycles. The van der Waals surface area contributed by atoms with Gasteiger partial charge >= 0.3 is 5.97 Å². The van der Waals surface area contributed by atoms with Crippen LogP contribution in [0, 0.1) is 5.92 Å². The minimum Gasteiger partial charge on any atom is -0.446 e. The molecule has 0 fully saturated rings. The molecule has 3 heteroatoms. The number of esters is 1. The van der Waals surface area contributed by atoms with Crippen molar-refractivity contribution < 1.29 is 9.53 Å². The van der Waals surface area contributed by atoms with Crippen molar-refractivity contribution in [3.05, 3.63) is 0 Å². The van der Waals surface area contributed by atoms with E-state index in [1.54, 1.807) is 13.8 Å². The Bertz CT molecular complexity index is 112. The van der Waals surface area contributed by atoms with Crippen LogP contribution in [-0.2, 0) is 9.53 Å². The Balaban J connectivity index is 3.57. The summed E-state index contributed by atoms with van der Waals surface area (Å²) >= 11 is 5.56. The van der Waals surface area contributed by atoms with Gasteiger partial charge in [0, 0.05) is 0 Å². The highest BCUT2D eigenvalue weighted by Gasteiger charge is 2.12. The molecule has 0 aliphatic rings. The van der Waals surface area contributed by atoms with Crippen molar-refractivity contribution in [1.82, 2.24) is 0 Å². The van der Waals surface area contributed by atoms with E-state index in [0.717, 1.165) is 0 Å². The molecule has 0 N–H and O–H groups in total. The lowest BCUT2D eigenvalue weighted by Gasteiger charge is -2.10. The summed E-state index contributed by atoms with van der Waals surface area (Å²) in [7, 11) is 0. The third-order valence-electron chi connectivity index (χ3n) is 1.04. The van der Waals surface area contributed by atoms with Gasteiger partial charge in [-0.2, -0.15) is 0 Å². The average Bonchev–Trinajstić information content (AvgIpc) is 1.87. The van der Waals surface area contributed by atoms with E-state index in [1.807, 2.05) is 6.92 Å². The summed E-state index contributed by atoms with van der Waals surface area (Å²) in [6, 6.07) is 0. The Morgan fingerprint density at radius 3 is 2.40 bits per heavy atom. The van der Waals surface area contributed by atoms with Crippen LogP contribution in [0.15, 0.2) is 0 Å². The molecule has 0 aliphatic heterocycles. The highest BCUT2D eigenvalue weighted by Crippen LogP contribution is 2.06. The molecule has 0 bridgehead atoms. The van der Waals surface area contributed by atoms with Crippen molar-refractivity contribution in [2.75, 3.05) is 0 Å². The Morgan fingerprint density at radius 1 is 1.60 bits per heavy atom. The lowest BCUT2D eigenvalue weighted by molar-refractivity contribution is -0.149. The van der Waals surface area contributed by atoms with Crippen LogP contribution in [0.4, 0.5) is 0 Å². The maximum Gasteiger partial charge on any atom is 0.309 e. The topological polar surface area (TPSA) is 26.3 Å². The summed E-state index contributed by atoms with van der Waals surface area (Å²) in [6.07, 6.45) is 0.653. The highest BCUT2D eigenvalue weighted by molar-refractivity contribution is 6.20. The first-order chi connectivity index (χ1) is 4.57. The van der Waals surface area contributed by atoms with Gasteiger partial charge in [0.1, 0.15) is 0 Å². The smallest absolute Gasteiger partial charge is 0.309 e. The highest BCUT2D eigenvalue weighted by atomic mass is 35.5. The fourth-order valence-corrected chi connectivity index (χ4v) is 0.433. The fraction of sp³-hybridized carbons (Fsp3) is 0.857. The predicted octanol–water partition coefficient (Wildman–Crippen LogP) is 2.16. The number of halogens is 1. The van der Waals surface area contributed by atoms with E-state index in [2.05, 4.69) is 0 Å². The zero-order valence-corrected chi connectivity index (χ0v) is 7.31. The molecule has 0 aromatic carbocycles. The number of alkyl halides is 1. The largest absolute Gasteiger partial charge is 0.446 e. The quantitative estimate of drug-likeness (QED) is 0.472. The first-order valence-electron chi connectivity index (χ1n) is 3.42. The molecular formula is C7H13ClO2. The van der Waals surface area contributed by atoms with Gasteiger partial charge in [-0.3, -0.25) is 4.79 Å². The Hall–Kier alpha value is -0.240. The van der Waals surface area contributed by atoms with Crippen molar-refractivity contribution in [2.24, 2.45) is 5.92 Å². The number of hydrogen-bond acceptors (Lipinski definition) is 2. The van der Waals surface area contributed by atoms with Crippen LogP contribution in [0.25, 0.3) is 0 Å². The predicted molar refractivity (Wildman–Crippen MR) is 40.9 cm³/mol. The first-order valence-corrected chi connectivity index (χ1v) is 3.86. The van der Waals surface area contributed by atoms with Gasteiger partial charge in [-0.1, -0.05) is 32.4 Å². The van der Waals surface area contributed by atoms with E-state index in [1.165, 1.54) is 0 Å². The summed E-state index contributed by atoms with van der Waals surface area (Å²) in [5.74, 6) is -0.324. The molecule has 0 amide bonds. The van der Waals surface area contributed by atoms with Crippen LogP contribution in [-0.4, -0.2) is 11.5 Å². The molecule has 0 aliphatic carbocycles. The maximum absolute atomic E-state index is 10.8. The van der Waals surface area contributed by atoms with Crippen molar-refractivity contribution >= 4 is 17.6 Å². The summed E-state index contributed by atoms with van der Waals surface area (Å²) in [5, 5.41) is 0. The third-order valence-corrected chi connectivity index (χ3v) is 1.43. The maximum atomic E-state index is 10.8. The second-order valence-electron chi connectivity index (χ2n) is 2.41. The van der Waals surface area contributed by atoms with Gasteiger partial charge in [0.05, 0.1) is 5.92 Å². The van der Waals surface area contributed by atoms with Gasteiger partial charge in [0.25, 0.3) is 0 Å². The fourth-order valence-electron chi connectivity index (χ4n) is 0.345. The zero-order valence-electron chi connectivity index (χ0n) is 6.56. The number of ether oxygens (including phenoxy) is 1. The van der Waals surface area contributed by atoms with E-state index in [9.17, 15) is 4.79 Å². The SMILES string of the molecule is CC[C@H](Cl)OC(=O)C(C)C. The minimum absolute atomic E-state index is 0.0900. The van der Waals surface area contributed by atoms with Gasteiger partial charge in [0.2, 0.25) is 0 Å². The van der Waals surface area contributed by atoms with Gasteiger partial charge < -0.3 is 4.74 Å². The van der Waals surface area contributed by atoms with Crippen molar-refractivity contribution in [3.8, 4) is 0 Å². The normalized spacial score (nSPS) is 13.3. The van der Waals surface area contributed by atoms with E-state index in [4.69, 9.17) is 16.3 Å². The molecule has 0 saturated heterocycles. The second-order valence-corrected chi connectivity index (χ2v) is 2.90. The molecule has 0 heterocycles. The van der Waals surface area contributed by atoms with Crippen molar-refractivity contribution in [3.63, 3.8) is 0 Å². The zero-order chi connectivity index (χ0) is 8.15. The van der Waals surface area contributed by atoms with E-state index >= 15 is 0 Å². The number of carbonyl (C=O) groups is 1. The molecule has 0 unspecified atom stereocenters. The minimum atomic E-state index is -0.463. The van der Waals surface area contributed by atoms with Crippen LogP contribution in [0.2, 0.25) is 0 Å². The Labute approximate surface area is 66.5 Å². The van der Waals surface area contributed by atoms with Gasteiger partial charge in [-0.15, -0.1) is 0 Å². The van der Waals surface area contributed by atoms with Gasteiger partial charge in [-0.25, -0.2) is 0 Å². The van der Waals surface area contributed by atoms with Gasteiger partial charge in [-0.05, 0) is 6.42 Å². The lowest BCUT2D eigenvalue weighted by atomic mass is 10.2. The summed E-state index contributed by atoms with van der Waals surface area (Å²) in [6.45, 7) is 5.43. The molecule has 2 nitrogen and oxygen atoms in total. The molecule has 0 radical (unpaired) electrons. The standard InChI is InChI=1S/C7H13ClO2/c1-4-6(8)10-7(9)5(2)3/h5-6H,4H2,1-3H3/t6-/m1/s1. The average molecular weight is 165 g/mol. The van der Waals surface area contributed by atoms with Crippen LogP contribution >= 0.6 is 11.6 Å². The third kappa shape index (κ3) is 3.72. The van der Waals surface area contributed by atoms with Crippen molar-refractivity contribution in [2.45, 2.75) is 32.8 Å². The molecule has 1 atom stereocenters. The monoisotopic (exact) mass is 164 g/mol. The van der Waals surface area contributed by atoms with Crippen LogP contribution in [0.1, 0.15) is 27.2 Å². The number of carbonyl (C=O) groups excluding carboxylic acids is 1. The molecule has 0 saturated carbocycles. The van der Waals surface area contributed by atoms with Crippen molar-refractivity contribution in [1.29, 1.82) is 0 Å². The first kappa shape index (κ1) is 9.76. The molecular weight excluding hydrogens is 152 g/mol. The summed E-state index contributed by atoms with van der Waals surface area (Å²) in [5.41, 5.74) is -0.463. The number of hydrogen-bond donors (Lipinski definition) is 0. The summed E-state index contributed by atoms with van der Waals surface area (Å²) in [4.78, 5) is 10.8. The van der Waals surface area contributed by atoms with Gasteiger partial charge in [0.15, 0.2) is 5.56 Å².